The number of methoxy groups -OCH3 is 2. The molecule has 3 heterocycles. The average molecular weight is 462 g/mol. The molecule has 1 fully saturated rings. The van der Waals surface area contributed by atoms with Crippen molar-refractivity contribution in [2.24, 2.45) is 7.05 Å². The number of rotatable bonds is 4. The SMILES string of the molecule is COc1cc2ncnc(N3CCC(n4c(=O)c5cccc(C)c5n(C)c4=O)CC3)c2cc1OC. The van der Waals surface area contributed by atoms with E-state index in [1.54, 1.807) is 38.2 Å². The lowest BCUT2D eigenvalue weighted by Crippen LogP contribution is -2.45. The van der Waals surface area contributed by atoms with Gasteiger partial charge in [-0.2, -0.15) is 0 Å². The minimum absolute atomic E-state index is 0.171. The maximum Gasteiger partial charge on any atom is 0.331 e. The molecule has 1 aliphatic rings. The number of para-hydroxylation sites is 1. The molecule has 0 atom stereocenters. The number of aryl methyl sites for hydroxylation is 2. The Morgan fingerprint density at radius 1 is 0.971 bits per heavy atom. The number of aromatic nitrogens is 4. The van der Waals surface area contributed by atoms with E-state index < -0.39 is 0 Å². The third-order valence-corrected chi connectivity index (χ3v) is 6.76. The molecular weight excluding hydrogens is 434 g/mol. The van der Waals surface area contributed by atoms with E-state index in [4.69, 9.17) is 9.47 Å². The van der Waals surface area contributed by atoms with Crippen molar-refractivity contribution in [3.8, 4) is 11.5 Å². The first kappa shape index (κ1) is 21.9. The van der Waals surface area contributed by atoms with Crippen LogP contribution >= 0.6 is 0 Å². The number of hydrogen-bond acceptors (Lipinski definition) is 7. The predicted molar refractivity (Wildman–Crippen MR) is 131 cm³/mol. The number of benzene rings is 2. The van der Waals surface area contributed by atoms with Crippen LogP contribution in [0, 0.1) is 6.92 Å². The summed E-state index contributed by atoms with van der Waals surface area (Å²) < 4.78 is 13.9. The molecule has 0 radical (unpaired) electrons. The van der Waals surface area contributed by atoms with Crippen LogP contribution < -0.4 is 25.6 Å². The molecule has 9 nitrogen and oxygen atoms in total. The molecule has 9 heteroatoms. The summed E-state index contributed by atoms with van der Waals surface area (Å²) in [6, 6.07) is 9.13. The minimum atomic E-state index is -0.269. The van der Waals surface area contributed by atoms with E-state index in [1.165, 1.54) is 4.57 Å². The first-order chi connectivity index (χ1) is 16.4. The lowest BCUT2D eigenvalue weighted by molar-refractivity contribution is 0.355. The molecular formula is C25H27N5O4. The van der Waals surface area contributed by atoms with E-state index in [-0.39, 0.29) is 17.3 Å². The van der Waals surface area contributed by atoms with Gasteiger partial charge in [0.05, 0.1) is 30.6 Å². The van der Waals surface area contributed by atoms with Gasteiger partial charge < -0.3 is 14.4 Å². The monoisotopic (exact) mass is 461 g/mol. The number of nitrogens with zero attached hydrogens (tertiary/aromatic N) is 5. The van der Waals surface area contributed by atoms with E-state index in [0.717, 1.165) is 22.3 Å². The number of anilines is 1. The fourth-order valence-electron chi connectivity index (χ4n) is 5.03. The molecule has 0 bridgehead atoms. The van der Waals surface area contributed by atoms with Gasteiger partial charge in [0.2, 0.25) is 0 Å². The van der Waals surface area contributed by atoms with Crippen LogP contribution in [0.15, 0.2) is 46.2 Å². The highest BCUT2D eigenvalue weighted by Crippen LogP contribution is 2.36. The van der Waals surface area contributed by atoms with Crippen LogP contribution in [0.3, 0.4) is 0 Å². The van der Waals surface area contributed by atoms with Crippen LogP contribution in [0.25, 0.3) is 21.8 Å². The molecule has 1 saturated heterocycles. The minimum Gasteiger partial charge on any atom is -0.493 e. The summed E-state index contributed by atoms with van der Waals surface area (Å²) in [7, 11) is 4.93. The van der Waals surface area contributed by atoms with E-state index in [2.05, 4.69) is 14.9 Å². The highest BCUT2D eigenvalue weighted by Gasteiger charge is 2.27. The molecule has 2 aromatic heterocycles. The third-order valence-electron chi connectivity index (χ3n) is 6.76. The zero-order chi connectivity index (χ0) is 24.0. The third kappa shape index (κ3) is 3.39. The van der Waals surface area contributed by atoms with Gasteiger partial charge in [-0.15, -0.1) is 0 Å². The second-order valence-corrected chi connectivity index (χ2v) is 8.63. The van der Waals surface area contributed by atoms with E-state index >= 15 is 0 Å². The Labute approximate surface area is 196 Å². The standard InChI is InChI=1S/C25H27N5O4/c1-15-6-5-7-17-22(15)28(2)25(32)30(24(17)31)16-8-10-29(11-9-16)23-18-12-20(33-3)21(34-4)13-19(18)26-14-27-23/h5-7,12-14,16H,8-11H2,1-4H3. The lowest BCUT2D eigenvalue weighted by Gasteiger charge is -2.34. The molecule has 4 aromatic rings. The first-order valence-corrected chi connectivity index (χ1v) is 11.3. The van der Waals surface area contributed by atoms with Gasteiger partial charge >= 0.3 is 5.69 Å². The van der Waals surface area contributed by atoms with Gasteiger partial charge in [-0.25, -0.2) is 14.8 Å². The maximum absolute atomic E-state index is 13.3. The van der Waals surface area contributed by atoms with Crippen molar-refractivity contribution < 1.29 is 9.47 Å². The second kappa shape index (κ2) is 8.48. The molecule has 34 heavy (non-hydrogen) atoms. The molecule has 0 N–H and O–H groups in total. The van der Waals surface area contributed by atoms with Crippen molar-refractivity contribution in [3.05, 3.63) is 63.1 Å². The Morgan fingerprint density at radius 3 is 2.38 bits per heavy atom. The molecule has 0 spiro atoms. The van der Waals surface area contributed by atoms with Gasteiger partial charge in [0.1, 0.15) is 12.1 Å². The Hall–Kier alpha value is -3.88. The summed E-state index contributed by atoms with van der Waals surface area (Å²) in [5.74, 6) is 2.03. The van der Waals surface area contributed by atoms with Crippen molar-refractivity contribution in [2.45, 2.75) is 25.8 Å². The van der Waals surface area contributed by atoms with Gasteiger partial charge in [0.25, 0.3) is 5.56 Å². The van der Waals surface area contributed by atoms with Crippen LogP contribution in [-0.2, 0) is 7.05 Å². The van der Waals surface area contributed by atoms with E-state index in [0.29, 0.717) is 48.3 Å². The van der Waals surface area contributed by atoms with Crippen molar-refractivity contribution in [2.75, 3.05) is 32.2 Å². The largest absolute Gasteiger partial charge is 0.493 e. The van der Waals surface area contributed by atoms with Crippen LogP contribution in [0.5, 0.6) is 11.5 Å². The molecule has 2 aromatic carbocycles. The van der Waals surface area contributed by atoms with Gasteiger partial charge in [-0.1, -0.05) is 12.1 Å². The summed E-state index contributed by atoms with van der Waals surface area (Å²) in [6.45, 7) is 3.24. The Morgan fingerprint density at radius 2 is 1.68 bits per heavy atom. The highest BCUT2D eigenvalue weighted by molar-refractivity contribution is 5.92. The molecule has 0 unspecified atom stereocenters. The van der Waals surface area contributed by atoms with E-state index in [1.807, 2.05) is 31.2 Å². The van der Waals surface area contributed by atoms with Gasteiger partial charge in [-0.05, 0) is 37.5 Å². The van der Waals surface area contributed by atoms with Crippen LogP contribution in [0.4, 0.5) is 5.82 Å². The fraction of sp³-hybridized carbons (Fsp3) is 0.360. The maximum atomic E-state index is 13.3. The quantitative estimate of drug-likeness (QED) is 0.462. The predicted octanol–water partition coefficient (Wildman–Crippen LogP) is 2.81. The summed E-state index contributed by atoms with van der Waals surface area (Å²) in [5, 5.41) is 1.44. The summed E-state index contributed by atoms with van der Waals surface area (Å²) in [6.07, 6.45) is 2.86. The van der Waals surface area contributed by atoms with Crippen LogP contribution in [0.2, 0.25) is 0 Å². The zero-order valence-electron chi connectivity index (χ0n) is 19.7. The molecule has 0 saturated carbocycles. The van der Waals surface area contributed by atoms with Gasteiger partial charge in [0.15, 0.2) is 11.5 Å². The first-order valence-electron chi connectivity index (χ1n) is 11.3. The molecule has 5 rings (SSSR count). The van der Waals surface area contributed by atoms with Crippen molar-refractivity contribution in [3.63, 3.8) is 0 Å². The van der Waals surface area contributed by atoms with Crippen LogP contribution in [0.1, 0.15) is 24.4 Å². The van der Waals surface area contributed by atoms with Gasteiger partial charge in [0, 0.05) is 37.6 Å². The summed E-state index contributed by atoms with van der Waals surface area (Å²) in [5.41, 5.74) is 1.89. The zero-order valence-corrected chi connectivity index (χ0v) is 19.7. The summed E-state index contributed by atoms with van der Waals surface area (Å²) >= 11 is 0. The molecule has 0 amide bonds. The Bertz CT molecular complexity index is 1520. The number of ether oxygens (including phenoxy) is 2. The van der Waals surface area contributed by atoms with Crippen LogP contribution in [-0.4, -0.2) is 46.4 Å². The number of fused-ring (bicyclic) bond motifs is 2. The number of piperidine rings is 1. The fourth-order valence-corrected chi connectivity index (χ4v) is 5.03. The Kier molecular flexibility index (Phi) is 5.47. The smallest absolute Gasteiger partial charge is 0.331 e. The number of hydrogen-bond donors (Lipinski definition) is 0. The Balaban J connectivity index is 1.49. The topological polar surface area (TPSA) is 91.5 Å². The van der Waals surface area contributed by atoms with Crippen molar-refractivity contribution in [1.29, 1.82) is 0 Å². The van der Waals surface area contributed by atoms with Gasteiger partial charge in [-0.3, -0.25) is 13.9 Å². The molecule has 176 valence electrons. The molecule has 0 aliphatic carbocycles. The molecule has 1 aliphatic heterocycles. The summed E-state index contributed by atoms with van der Waals surface area (Å²) in [4.78, 5) is 37.6. The average Bonchev–Trinajstić information content (AvgIpc) is 2.86. The highest BCUT2D eigenvalue weighted by atomic mass is 16.5. The van der Waals surface area contributed by atoms with E-state index in [9.17, 15) is 9.59 Å². The van der Waals surface area contributed by atoms with Crippen molar-refractivity contribution in [1.82, 2.24) is 19.1 Å². The normalized spacial score (nSPS) is 14.6. The lowest BCUT2D eigenvalue weighted by atomic mass is 10.0. The second-order valence-electron chi connectivity index (χ2n) is 8.63. The van der Waals surface area contributed by atoms with Crippen molar-refractivity contribution >= 4 is 27.6 Å².